The van der Waals surface area contributed by atoms with Crippen molar-refractivity contribution in [2.45, 2.75) is 24.0 Å². The predicted molar refractivity (Wildman–Crippen MR) is 105 cm³/mol. The smallest absolute Gasteiger partial charge is 0.340 e. The minimum Gasteiger partial charge on any atom is -0.593 e. The van der Waals surface area contributed by atoms with Gasteiger partial charge in [0.15, 0.2) is 15.3 Å². The SMILES string of the molecule is COC(=O)C1=C(C)NC(=O)/C1=C/C1C=CC(CN[S+](=O)([O-])c2ccc(Cl)cc2)O1. The minimum atomic E-state index is -3.71. The van der Waals surface area contributed by atoms with E-state index in [1.165, 1.54) is 37.5 Å². The molecule has 3 rings (SSSR count). The van der Waals surface area contributed by atoms with Crippen molar-refractivity contribution >= 4 is 33.9 Å². The van der Waals surface area contributed by atoms with Gasteiger partial charge in [0, 0.05) is 10.7 Å². The van der Waals surface area contributed by atoms with E-state index < -0.39 is 34.5 Å². The van der Waals surface area contributed by atoms with Gasteiger partial charge in [0.1, 0.15) is 0 Å². The molecule has 2 aliphatic rings. The molecular weight excluding hydrogens is 420 g/mol. The van der Waals surface area contributed by atoms with E-state index in [4.69, 9.17) is 21.1 Å². The van der Waals surface area contributed by atoms with Gasteiger partial charge in [-0.05, 0) is 37.3 Å². The zero-order chi connectivity index (χ0) is 21.2. The second-order valence-corrected chi connectivity index (χ2v) is 8.56. The predicted octanol–water partition coefficient (Wildman–Crippen LogP) is 1.66. The number of carbonyl (C=O) groups excluding carboxylic acids is 2. The molecule has 3 atom stereocenters. The highest BCUT2D eigenvalue weighted by molar-refractivity contribution is 7.95. The highest BCUT2D eigenvalue weighted by Crippen LogP contribution is 2.25. The average molecular weight is 439 g/mol. The highest BCUT2D eigenvalue weighted by Gasteiger charge is 2.32. The summed E-state index contributed by atoms with van der Waals surface area (Å²) in [7, 11) is -2.48. The molecule has 154 valence electrons. The van der Waals surface area contributed by atoms with Gasteiger partial charge in [0.05, 0.1) is 37.0 Å². The molecule has 3 unspecified atom stereocenters. The van der Waals surface area contributed by atoms with E-state index in [-0.39, 0.29) is 22.6 Å². The van der Waals surface area contributed by atoms with Crippen molar-refractivity contribution < 1.29 is 27.8 Å². The van der Waals surface area contributed by atoms with Crippen LogP contribution in [0.3, 0.4) is 0 Å². The number of amides is 1. The Morgan fingerprint density at radius 2 is 2.07 bits per heavy atom. The summed E-state index contributed by atoms with van der Waals surface area (Å²) in [6.07, 6.45) is 3.75. The Bertz CT molecular complexity index is 969. The number of rotatable bonds is 6. The maximum Gasteiger partial charge on any atom is 0.340 e. The van der Waals surface area contributed by atoms with Crippen LogP contribution in [-0.2, 0) is 33.7 Å². The van der Waals surface area contributed by atoms with Crippen molar-refractivity contribution in [3.63, 3.8) is 0 Å². The first-order valence-electron chi connectivity index (χ1n) is 8.63. The highest BCUT2D eigenvalue weighted by atomic mass is 35.5. The third-order valence-electron chi connectivity index (χ3n) is 4.36. The molecule has 1 aromatic rings. The third-order valence-corrected chi connectivity index (χ3v) is 6.05. The molecule has 2 heterocycles. The molecule has 1 amide bonds. The van der Waals surface area contributed by atoms with Gasteiger partial charge < -0.3 is 19.3 Å². The van der Waals surface area contributed by atoms with E-state index in [9.17, 15) is 18.4 Å². The summed E-state index contributed by atoms with van der Waals surface area (Å²) in [6.45, 7) is 1.61. The van der Waals surface area contributed by atoms with E-state index in [0.717, 1.165) is 0 Å². The van der Waals surface area contributed by atoms with Gasteiger partial charge in [0.25, 0.3) is 5.91 Å². The summed E-state index contributed by atoms with van der Waals surface area (Å²) in [4.78, 5) is 24.1. The lowest BCUT2D eigenvalue weighted by Gasteiger charge is -2.18. The number of benzene rings is 1. The van der Waals surface area contributed by atoms with Crippen LogP contribution in [0.2, 0.25) is 5.02 Å². The molecule has 1 aromatic carbocycles. The Kier molecular flexibility index (Phi) is 6.35. The molecule has 8 nitrogen and oxygen atoms in total. The molecule has 0 spiro atoms. The van der Waals surface area contributed by atoms with Crippen molar-refractivity contribution in [1.82, 2.24) is 10.0 Å². The quantitative estimate of drug-likeness (QED) is 0.302. The normalized spacial score (nSPS) is 24.7. The van der Waals surface area contributed by atoms with Gasteiger partial charge in [-0.25, -0.2) is 4.79 Å². The molecule has 10 heteroatoms. The zero-order valence-electron chi connectivity index (χ0n) is 15.6. The number of halogens is 1. The largest absolute Gasteiger partial charge is 0.593 e. The lowest BCUT2D eigenvalue weighted by atomic mass is 10.1. The van der Waals surface area contributed by atoms with Crippen LogP contribution in [-0.4, -0.2) is 42.3 Å². The molecule has 0 aromatic heterocycles. The standard InChI is InChI=1S/C19H19ClN2O6S/c1-11-17(19(24)27-2)16(18(23)22-11)9-13-5-6-14(28-13)10-21-29(25,26)15-7-3-12(20)4-8-15/h3-9,13-14H,10H2,1-2H3,(H2-,21,22,23,24,25,26)/b16-9+. The summed E-state index contributed by atoms with van der Waals surface area (Å²) in [6, 6.07) is 5.80. The topological polar surface area (TPSA) is 117 Å². The lowest BCUT2D eigenvalue weighted by molar-refractivity contribution is -0.136. The van der Waals surface area contributed by atoms with Gasteiger partial charge >= 0.3 is 5.97 Å². The molecule has 2 aliphatic heterocycles. The average Bonchev–Trinajstić information content (AvgIpc) is 3.24. The zero-order valence-corrected chi connectivity index (χ0v) is 17.2. The molecule has 0 saturated heterocycles. The molecular formula is C19H19ClN2O6S. The maximum atomic E-state index is 12.3. The first-order valence-corrected chi connectivity index (χ1v) is 10.5. The van der Waals surface area contributed by atoms with Gasteiger partial charge in [-0.15, -0.1) is 4.72 Å². The van der Waals surface area contributed by atoms with Gasteiger partial charge in [-0.3, -0.25) is 4.79 Å². The number of esters is 1. The number of ether oxygens (including phenoxy) is 2. The van der Waals surface area contributed by atoms with Crippen molar-refractivity contribution in [2.24, 2.45) is 0 Å². The van der Waals surface area contributed by atoms with Crippen molar-refractivity contribution in [2.75, 3.05) is 13.7 Å². The van der Waals surface area contributed by atoms with Crippen LogP contribution in [0.5, 0.6) is 0 Å². The van der Waals surface area contributed by atoms with E-state index in [1.807, 2.05) is 0 Å². The van der Waals surface area contributed by atoms with Crippen LogP contribution in [0.4, 0.5) is 0 Å². The van der Waals surface area contributed by atoms with Crippen LogP contribution in [0.25, 0.3) is 0 Å². The Morgan fingerprint density at radius 3 is 2.72 bits per heavy atom. The fourth-order valence-electron chi connectivity index (χ4n) is 2.93. The molecule has 0 aliphatic carbocycles. The summed E-state index contributed by atoms with van der Waals surface area (Å²) >= 11 is 5.78. The van der Waals surface area contributed by atoms with Crippen LogP contribution in [0.1, 0.15) is 6.92 Å². The molecule has 0 radical (unpaired) electrons. The molecule has 29 heavy (non-hydrogen) atoms. The minimum absolute atomic E-state index is 0.00601. The summed E-state index contributed by atoms with van der Waals surface area (Å²) in [5.74, 6) is -1.05. The van der Waals surface area contributed by atoms with Gasteiger partial charge in [-0.1, -0.05) is 28.0 Å². The van der Waals surface area contributed by atoms with Gasteiger partial charge in [-0.2, -0.15) is 0 Å². The van der Waals surface area contributed by atoms with Crippen molar-refractivity contribution in [3.8, 4) is 0 Å². The lowest BCUT2D eigenvalue weighted by Crippen LogP contribution is -2.36. The molecule has 0 saturated carbocycles. The Labute approximate surface area is 174 Å². The van der Waals surface area contributed by atoms with Crippen LogP contribution >= 0.6 is 11.6 Å². The Hall–Kier alpha value is -2.30. The van der Waals surface area contributed by atoms with E-state index in [2.05, 4.69) is 10.0 Å². The van der Waals surface area contributed by atoms with Crippen LogP contribution in [0, 0.1) is 0 Å². The summed E-state index contributed by atoms with van der Waals surface area (Å²) < 4.78 is 37.6. The van der Waals surface area contributed by atoms with Crippen LogP contribution in [0.15, 0.2) is 64.2 Å². The molecule has 2 N–H and O–H groups in total. The fraction of sp³-hybridized carbons (Fsp3) is 0.263. The first kappa shape index (κ1) is 21.4. The second-order valence-electron chi connectivity index (χ2n) is 6.36. The van der Waals surface area contributed by atoms with Crippen molar-refractivity contribution in [1.29, 1.82) is 0 Å². The second kappa shape index (κ2) is 8.60. The molecule has 0 bridgehead atoms. The van der Waals surface area contributed by atoms with Crippen LogP contribution < -0.4 is 10.0 Å². The number of methoxy groups -OCH3 is 1. The molecule has 0 fully saturated rings. The first-order chi connectivity index (χ1) is 13.7. The number of sulfonamides is 1. The number of nitrogens with one attached hydrogen (secondary N) is 2. The van der Waals surface area contributed by atoms with E-state index in [1.54, 1.807) is 19.1 Å². The Morgan fingerprint density at radius 1 is 1.38 bits per heavy atom. The summed E-state index contributed by atoms with van der Waals surface area (Å²) in [5, 5.41) is 3.01. The Balaban J connectivity index is 1.63. The summed E-state index contributed by atoms with van der Waals surface area (Å²) in [5.41, 5.74) is 0.718. The fourth-order valence-corrected chi connectivity index (χ4v) is 4.10. The van der Waals surface area contributed by atoms with E-state index >= 15 is 0 Å². The van der Waals surface area contributed by atoms with Gasteiger partial charge in [0.2, 0.25) is 0 Å². The number of hydrogen-bond donors (Lipinski definition) is 2. The van der Waals surface area contributed by atoms with Crippen molar-refractivity contribution in [3.05, 3.63) is 64.4 Å². The number of carbonyl (C=O) groups is 2. The van der Waals surface area contributed by atoms with E-state index in [0.29, 0.717) is 10.7 Å². The number of hydrogen-bond acceptors (Lipinski definition) is 6. The maximum absolute atomic E-state index is 12.3. The third kappa shape index (κ3) is 4.82. The monoisotopic (exact) mass is 438 g/mol. The number of allylic oxidation sites excluding steroid dienone is 1.